The highest BCUT2D eigenvalue weighted by Gasteiger charge is 2.06. The molecule has 2 heterocycles. The van der Waals surface area contributed by atoms with E-state index in [-0.39, 0.29) is 0 Å². The Bertz CT molecular complexity index is 1750. The lowest BCUT2D eigenvalue weighted by Gasteiger charge is -2.12. The van der Waals surface area contributed by atoms with Gasteiger partial charge in [0.25, 0.3) is 0 Å². The molecule has 0 aliphatic carbocycles. The van der Waals surface area contributed by atoms with E-state index in [2.05, 4.69) is 57.0 Å². The summed E-state index contributed by atoms with van der Waals surface area (Å²) >= 11 is 6.12. The maximum Gasteiger partial charge on any atom is 0.121 e. The second-order valence-electron chi connectivity index (χ2n) is 8.98. The van der Waals surface area contributed by atoms with Crippen LogP contribution in [-0.2, 0) is 13.1 Å². The predicted molar refractivity (Wildman–Crippen MR) is 154 cm³/mol. The van der Waals surface area contributed by atoms with Crippen LogP contribution in [0.4, 0.5) is 11.4 Å². The Morgan fingerprint density at radius 1 is 0.649 bits per heavy atom. The fourth-order valence-electron chi connectivity index (χ4n) is 4.64. The fourth-order valence-corrected chi connectivity index (χ4v) is 4.81. The molecule has 6 aromatic rings. The second-order valence-corrected chi connectivity index (χ2v) is 9.42. The molecular weight excluding hydrogens is 480 g/mol. The molecule has 0 fully saturated rings. The zero-order valence-corrected chi connectivity index (χ0v) is 21.1. The molecule has 0 bridgehead atoms. The molecular formula is C31H25ClN4O. The molecule has 0 unspecified atom stereocenters. The van der Waals surface area contributed by atoms with Crippen LogP contribution in [0.2, 0.25) is 5.02 Å². The lowest BCUT2D eigenvalue weighted by atomic mass is 10.0. The van der Waals surface area contributed by atoms with Crippen LogP contribution < -0.4 is 15.4 Å². The van der Waals surface area contributed by atoms with Gasteiger partial charge in [0, 0.05) is 58.7 Å². The monoisotopic (exact) mass is 504 g/mol. The third-order valence-electron chi connectivity index (χ3n) is 6.59. The average Bonchev–Trinajstić information content (AvgIpc) is 2.94. The van der Waals surface area contributed by atoms with Gasteiger partial charge in [0.05, 0.1) is 18.1 Å². The van der Waals surface area contributed by atoms with Crippen molar-refractivity contribution >= 4 is 55.6 Å². The Hall–Kier alpha value is -4.35. The smallest absolute Gasteiger partial charge is 0.121 e. The summed E-state index contributed by atoms with van der Waals surface area (Å²) in [6.45, 7) is 1.45. The van der Waals surface area contributed by atoms with Gasteiger partial charge in [-0.15, -0.1) is 0 Å². The van der Waals surface area contributed by atoms with Crippen molar-refractivity contribution in [3.63, 3.8) is 0 Å². The number of methoxy groups -OCH3 is 1. The molecule has 0 atom stereocenters. The van der Waals surface area contributed by atoms with Crippen molar-refractivity contribution in [2.24, 2.45) is 0 Å². The molecule has 0 spiro atoms. The number of anilines is 2. The Morgan fingerprint density at radius 3 is 1.81 bits per heavy atom. The largest absolute Gasteiger partial charge is 0.497 e. The molecule has 37 heavy (non-hydrogen) atoms. The SMILES string of the molecule is COc1ccc2c(NCc3ccc4cc(CNc5ccnc6cc(Cl)ccc56)ccc4c3)ccnc2c1. The first-order chi connectivity index (χ1) is 18.2. The van der Waals surface area contributed by atoms with Crippen LogP contribution in [0.25, 0.3) is 32.6 Å². The number of ether oxygens (including phenoxy) is 1. The fraction of sp³-hybridized carbons (Fsp3) is 0.0968. The summed E-state index contributed by atoms with van der Waals surface area (Å²) in [7, 11) is 1.67. The van der Waals surface area contributed by atoms with Crippen LogP contribution in [0, 0.1) is 0 Å². The lowest BCUT2D eigenvalue weighted by molar-refractivity contribution is 0.415. The summed E-state index contributed by atoms with van der Waals surface area (Å²) in [5.74, 6) is 0.806. The first kappa shape index (κ1) is 23.1. The Balaban J connectivity index is 1.16. The van der Waals surface area contributed by atoms with Crippen LogP contribution >= 0.6 is 11.6 Å². The van der Waals surface area contributed by atoms with Gasteiger partial charge in [0.15, 0.2) is 0 Å². The number of hydrogen-bond acceptors (Lipinski definition) is 5. The first-order valence-electron chi connectivity index (χ1n) is 12.1. The van der Waals surface area contributed by atoms with E-state index in [1.54, 1.807) is 7.11 Å². The van der Waals surface area contributed by atoms with Crippen LogP contribution in [0.3, 0.4) is 0 Å². The maximum atomic E-state index is 6.12. The minimum atomic E-state index is 0.691. The van der Waals surface area contributed by atoms with E-state index in [0.29, 0.717) is 5.02 Å². The Kier molecular flexibility index (Phi) is 6.21. The Morgan fingerprint density at radius 2 is 1.22 bits per heavy atom. The first-order valence-corrected chi connectivity index (χ1v) is 12.5. The van der Waals surface area contributed by atoms with Gasteiger partial charge in [-0.2, -0.15) is 0 Å². The van der Waals surface area contributed by atoms with Gasteiger partial charge >= 0.3 is 0 Å². The summed E-state index contributed by atoms with van der Waals surface area (Å²) in [6.07, 6.45) is 3.63. The van der Waals surface area contributed by atoms with E-state index in [1.165, 1.54) is 21.9 Å². The molecule has 0 amide bonds. The van der Waals surface area contributed by atoms with Crippen molar-refractivity contribution in [3.8, 4) is 5.75 Å². The normalized spacial score (nSPS) is 11.2. The van der Waals surface area contributed by atoms with E-state index in [0.717, 1.165) is 52.0 Å². The number of fused-ring (bicyclic) bond motifs is 3. The van der Waals surface area contributed by atoms with E-state index in [9.17, 15) is 0 Å². The van der Waals surface area contributed by atoms with Crippen molar-refractivity contribution in [2.45, 2.75) is 13.1 Å². The van der Waals surface area contributed by atoms with Gasteiger partial charge in [-0.1, -0.05) is 35.9 Å². The van der Waals surface area contributed by atoms with E-state index in [4.69, 9.17) is 16.3 Å². The standard InChI is InChI=1S/C31H25ClN4O/c1-37-25-7-9-27-29(11-13-34-31(27)17-25)36-19-21-3-5-22-14-20(2-4-23(22)15-21)18-35-28-10-12-33-30-16-24(32)6-8-26(28)30/h2-17H,18-19H2,1H3,(H,33,35)(H,34,36). The van der Waals surface area contributed by atoms with Crippen molar-refractivity contribution in [1.29, 1.82) is 0 Å². The van der Waals surface area contributed by atoms with Gasteiger partial charge in [-0.25, -0.2) is 0 Å². The molecule has 0 saturated heterocycles. The number of halogens is 1. The number of hydrogen-bond donors (Lipinski definition) is 2. The number of nitrogens with zero attached hydrogens (tertiary/aromatic N) is 2. The van der Waals surface area contributed by atoms with Crippen LogP contribution in [0.1, 0.15) is 11.1 Å². The summed E-state index contributed by atoms with van der Waals surface area (Å²) in [5, 5.41) is 12.4. The zero-order chi connectivity index (χ0) is 25.2. The van der Waals surface area contributed by atoms with Crippen molar-refractivity contribution < 1.29 is 4.74 Å². The molecule has 0 aliphatic heterocycles. The summed E-state index contributed by atoms with van der Waals surface area (Å²) in [6, 6.07) is 29.0. The highest BCUT2D eigenvalue weighted by molar-refractivity contribution is 6.31. The van der Waals surface area contributed by atoms with E-state index < -0.39 is 0 Å². The minimum Gasteiger partial charge on any atom is -0.497 e. The summed E-state index contributed by atoms with van der Waals surface area (Å²) in [4.78, 5) is 8.90. The molecule has 4 aromatic carbocycles. The maximum absolute atomic E-state index is 6.12. The van der Waals surface area contributed by atoms with E-state index >= 15 is 0 Å². The number of pyridine rings is 2. The number of rotatable bonds is 7. The van der Waals surface area contributed by atoms with Crippen molar-refractivity contribution in [2.75, 3.05) is 17.7 Å². The molecule has 6 rings (SSSR count). The summed E-state index contributed by atoms with van der Waals surface area (Å²) < 4.78 is 5.33. The number of benzene rings is 4. The molecule has 0 aliphatic rings. The molecule has 5 nitrogen and oxygen atoms in total. The number of nitrogens with one attached hydrogen (secondary N) is 2. The van der Waals surface area contributed by atoms with Crippen LogP contribution in [0.15, 0.2) is 97.3 Å². The second kappa shape index (κ2) is 9.96. The highest BCUT2D eigenvalue weighted by Crippen LogP contribution is 2.27. The highest BCUT2D eigenvalue weighted by atomic mass is 35.5. The third-order valence-corrected chi connectivity index (χ3v) is 6.82. The predicted octanol–water partition coefficient (Wildman–Crippen LogP) is 7.82. The molecule has 182 valence electrons. The van der Waals surface area contributed by atoms with Gasteiger partial charge < -0.3 is 15.4 Å². The third kappa shape index (κ3) is 4.86. The minimum absolute atomic E-state index is 0.691. The summed E-state index contributed by atoms with van der Waals surface area (Å²) in [5.41, 5.74) is 6.34. The molecule has 0 saturated carbocycles. The van der Waals surface area contributed by atoms with Gasteiger partial charge in [-0.05, 0) is 76.5 Å². The Labute approximate surface area is 220 Å². The van der Waals surface area contributed by atoms with Gasteiger partial charge in [0.2, 0.25) is 0 Å². The van der Waals surface area contributed by atoms with Gasteiger partial charge in [-0.3, -0.25) is 9.97 Å². The number of aromatic nitrogens is 2. The van der Waals surface area contributed by atoms with Gasteiger partial charge in [0.1, 0.15) is 5.75 Å². The van der Waals surface area contributed by atoms with Crippen molar-refractivity contribution in [3.05, 3.63) is 113 Å². The molecule has 2 N–H and O–H groups in total. The zero-order valence-electron chi connectivity index (χ0n) is 20.3. The van der Waals surface area contributed by atoms with E-state index in [1.807, 2.05) is 60.9 Å². The quantitative estimate of drug-likeness (QED) is 0.232. The average molecular weight is 505 g/mol. The molecule has 6 heteroatoms. The van der Waals surface area contributed by atoms with Crippen LogP contribution in [0.5, 0.6) is 5.75 Å². The lowest BCUT2D eigenvalue weighted by Crippen LogP contribution is -2.01. The van der Waals surface area contributed by atoms with Crippen molar-refractivity contribution in [1.82, 2.24) is 9.97 Å². The van der Waals surface area contributed by atoms with Crippen LogP contribution in [-0.4, -0.2) is 17.1 Å². The molecule has 0 radical (unpaired) electrons. The topological polar surface area (TPSA) is 59.1 Å². The molecule has 2 aromatic heterocycles.